The van der Waals surface area contributed by atoms with Gasteiger partial charge in [0, 0.05) is 0 Å². The highest BCUT2D eigenvalue weighted by molar-refractivity contribution is 5.67. The maximum absolute atomic E-state index is 10.6. The van der Waals surface area contributed by atoms with Gasteiger partial charge in [0.05, 0.1) is 0 Å². The van der Waals surface area contributed by atoms with Crippen LogP contribution in [-0.2, 0) is 4.79 Å². The Hall–Kier alpha value is -1.11. The summed E-state index contributed by atoms with van der Waals surface area (Å²) in [6.45, 7) is 2.39. The van der Waals surface area contributed by atoms with E-state index in [9.17, 15) is 4.79 Å². The second-order valence-electron chi connectivity index (χ2n) is 6.54. The van der Waals surface area contributed by atoms with Crippen molar-refractivity contribution in [2.24, 2.45) is 17.8 Å². The highest BCUT2D eigenvalue weighted by Crippen LogP contribution is 2.49. The molecule has 0 bridgehead atoms. The van der Waals surface area contributed by atoms with E-state index in [2.05, 4.69) is 19.1 Å². The number of carbonyl (C=O) groups is 1. The molecule has 1 saturated carbocycles. The first kappa shape index (κ1) is 12.9. The van der Waals surface area contributed by atoms with E-state index in [0.717, 1.165) is 30.5 Å². The van der Waals surface area contributed by atoms with Crippen molar-refractivity contribution < 1.29 is 4.79 Å². The predicted molar refractivity (Wildman–Crippen MR) is 78.8 cm³/mol. The van der Waals surface area contributed by atoms with Gasteiger partial charge in [0.15, 0.2) is 0 Å². The van der Waals surface area contributed by atoms with Crippen LogP contribution >= 0.6 is 0 Å². The van der Waals surface area contributed by atoms with Crippen molar-refractivity contribution in [3.63, 3.8) is 0 Å². The lowest BCUT2D eigenvalue weighted by atomic mass is 9.80. The predicted octanol–water partition coefficient (Wildman–Crippen LogP) is 4.60. The fourth-order valence-electron chi connectivity index (χ4n) is 3.87. The molecule has 3 atom stereocenters. The fourth-order valence-corrected chi connectivity index (χ4v) is 3.87. The first-order valence-corrected chi connectivity index (χ1v) is 7.82. The minimum absolute atomic E-state index is 0.925. The van der Waals surface area contributed by atoms with Crippen molar-refractivity contribution in [3.8, 4) is 0 Å². The summed E-state index contributed by atoms with van der Waals surface area (Å²) >= 11 is 0. The first-order valence-electron chi connectivity index (χ1n) is 7.82. The SMILES string of the molecule is CC1C[C@@H]1C1CC=C(C2=C/C(=C/C=O)CCC2)CC1. The zero-order valence-corrected chi connectivity index (χ0v) is 11.9. The third-order valence-electron chi connectivity index (χ3n) is 5.19. The van der Waals surface area contributed by atoms with Gasteiger partial charge in [-0.25, -0.2) is 0 Å². The third kappa shape index (κ3) is 2.91. The molecule has 1 heteroatoms. The number of rotatable bonds is 3. The molecule has 0 amide bonds. The van der Waals surface area contributed by atoms with E-state index < -0.39 is 0 Å². The van der Waals surface area contributed by atoms with Gasteiger partial charge < -0.3 is 0 Å². The molecule has 1 nitrogen and oxygen atoms in total. The van der Waals surface area contributed by atoms with E-state index in [1.165, 1.54) is 49.7 Å². The number of hydrogen-bond donors (Lipinski definition) is 0. The summed E-state index contributed by atoms with van der Waals surface area (Å²) in [6.07, 6.45) is 16.3. The average molecular weight is 256 g/mol. The van der Waals surface area contributed by atoms with Crippen LogP contribution in [0.4, 0.5) is 0 Å². The Balaban J connectivity index is 1.68. The Kier molecular flexibility index (Phi) is 3.72. The van der Waals surface area contributed by atoms with Crippen LogP contribution in [0, 0.1) is 17.8 Å². The molecule has 3 aliphatic carbocycles. The van der Waals surface area contributed by atoms with E-state index in [4.69, 9.17) is 0 Å². The molecular formula is C18H24O. The lowest BCUT2D eigenvalue weighted by molar-refractivity contribution is -0.104. The van der Waals surface area contributed by atoms with Crippen LogP contribution in [0.2, 0.25) is 0 Å². The molecule has 0 spiro atoms. The van der Waals surface area contributed by atoms with E-state index >= 15 is 0 Å². The molecule has 19 heavy (non-hydrogen) atoms. The Morgan fingerprint density at radius 2 is 2.05 bits per heavy atom. The largest absolute Gasteiger partial charge is 0.299 e. The zero-order valence-electron chi connectivity index (χ0n) is 11.9. The molecule has 0 radical (unpaired) electrons. The van der Waals surface area contributed by atoms with Crippen LogP contribution in [0.15, 0.2) is 34.9 Å². The molecule has 2 unspecified atom stereocenters. The van der Waals surface area contributed by atoms with Gasteiger partial charge in [-0.1, -0.05) is 19.1 Å². The maximum Gasteiger partial charge on any atom is 0.143 e. The van der Waals surface area contributed by atoms with E-state index in [1.807, 2.05) is 0 Å². The van der Waals surface area contributed by atoms with Gasteiger partial charge in [0.2, 0.25) is 0 Å². The van der Waals surface area contributed by atoms with Gasteiger partial charge in [0.1, 0.15) is 6.29 Å². The normalized spacial score (nSPS) is 36.7. The number of aldehydes is 1. The molecule has 3 aliphatic rings. The van der Waals surface area contributed by atoms with Gasteiger partial charge in [-0.2, -0.15) is 0 Å². The Morgan fingerprint density at radius 3 is 2.68 bits per heavy atom. The molecule has 0 N–H and O–H groups in total. The lowest BCUT2D eigenvalue weighted by Gasteiger charge is -2.25. The molecule has 0 aromatic heterocycles. The Bertz CT molecular complexity index is 452. The van der Waals surface area contributed by atoms with Crippen LogP contribution in [0.3, 0.4) is 0 Å². The third-order valence-corrected chi connectivity index (χ3v) is 5.19. The summed E-state index contributed by atoms with van der Waals surface area (Å²) in [5.41, 5.74) is 4.29. The standard InChI is InChI=1S/C18H24O/c1-13-11-18(13)16-7-5-15(6-8-16)17-4-2-3-14(12-17)9-10-19/h5,9-10,12-13,16,18H,2-4,6-8,11H2,1H3/b14-9+/t13?,16?,18-/m0/s1. The van der Waals surface area contributed by atoms with Gasteiger partial charge in [0.25, 0.3) is 0 Å². The average Bonchev–Trinajstić information content (AvgIpc) is 3.17. The van der Waals surface area contributed by atoms with Crippen LogP contribution in [-0.4, -0.2) is 6.29 Å². The van der Waals surface area contributed by atoms with Gasteiger partial charge in [-0.15, -0.1) is 0 Å². The van der Waals surface area contributed by atoms with E-state index in [-0.39, 0.29) is 0 Å². The van der Waals surface area contributed by atoms with Crippen LogP contribution in [0.1, 0.15) is 51.9 Å². The second-order valence-corrected chi connectivity index (χ2v) is 6.54. The van der Waals surface area contributed by atoms with Crippen molar-refractivity contribution in [2.75, 3.05) is 0 Å². The summed E-state index contributed by atoms with van der Waals surface area (Å²) in [7, 11) is 0. The van der Waals surface area contributed by atoms with E-state index in [1.54, 1.807) is 11.6 Å². The van der Waals surface area contributed by atoms with E-state index in [0.29, 0.717) is 0 Å². The van der Waals surface area contributed by atoms with Crippen molar-refractivity contribution in [2.45, 2.75) is 51.9 Å². The van der Waals surface area contributed by atoms with Gasteiger partial charge >= 0.3 is 0 Å². The second kappa shape index (κ2) is 5.48. The summed E-state index contributed by atoms with van der Waals surface area (Å²) < 4.78 is 0. The number of hydrogen-bond acceptors (Lipinski definition) is 1. The minimum Gasteiger partial charge on any atom is -0.299 e. The quantitative estimate of drug-likeness (QED) is 0.532. The van der Waals surface area contributed by atoms with Crippen molar-refractivity contribution in [1.29, 1.82) is 0 Å². The first-order chi connectivity index (χ1) is 9.28. The topological polar surface area (TPSA) is 17.1 Å². The molecule has 0 aliphatic heterocycles. The van der Waals surface area contributed by atoms with Crippen molar-refractivity contribution in [3.05, 3.63) is 34.9 Å². The van der Waals surface area contributed by atoms with Gasteiger partial charge in [-0.3, -0.25) is 4.79 Å². The summed E-state index contributed by atoms with van der Waals surface area (Å²) in [6, 6.07) is 0. The summed E-state index contributed by atoms with van der Waals surface area (Å²) in [5.74, 6) is 2.95. The zero-order chi connectivity index (χ0) is 13.2. The van der Waals surface area contributed by atoms with Gasteiger partial charge in [-0.05, 0) is 85.5 Å². The van der Waals surface area contributed by atoms with Crippen molar-refractivity contribution >= 4 is 6.29 Å². The molecule has 0 aromatic carbocycles. The van der Waals surface area contributed by atoms with Crippen LogP contribution in [0.5, 0.6) is 0 Å². The number of carbonyl (C=O) groups excluding carboxylic acids is 1. The molecule has 0 heterocycles. The highest BCUT2D eigenvalue weighted by Gasteiger charge is 2.39. The molecule has 3 rings (SSSR count). The van der Waals surface area contributed by atoms with Crippen LogP contribution in [0.25, 0.3) is 0 Å². The summed E-state index contributed by atoms with van der Waals surface area (Å²) in [5, 5.41) is 0. The minimum atomic E-state index is 0.925. The molecule has 0 saturated heterocycles. The molecule has 0 aromatic rings. The highest BCUT2D eigenvalue weighted by atomic mass is 16.1. The fraction of sp³-hybridized carbons (Fsp3) is 0.611. The summed E-state index contributed by atoms with van der Waals surface area (Å²) in [4.78, 5) is 10.6. The smallest absolute Gasteiger partial charge is 0.143 e. The van der Waals surface area contributed by atoms with Crippen molar-refractivity contribution in [1.82, 2.24) is 0 Å². The molecular weight excluding hydrogens is 232 g/mol. The molecule has 102 valence electrons. The molecule has 1 fully saturated rings. The Morgan fingerprint density at radius 1 is 1.21 bits per heavy atom. The maximum atomic E-state index is 10.6. The number of allylic oxidation sites excluding steroid dienone is 6. The monoisotopic (exact) mass is 256 g/mol. The van der Waals surface area contributed by atoms with Crippen LogP contribution < -0.4 is 0 Å². The lowest BCUT2D eigenvalue weighted by Crippen LogP contribution is -2.10. The Labute approximate surface area is 116 Å².